The fourth-order valence-corrected chi connectivity index (χ4v) is 6.36. The van der Waals surface area contributed by atoms with Gasteiger partial charge in [-0.05, 0) is 47.4 Å². The predicted octanol–water partition coefficient (Wildman–Crippen LogP) is 6.77. The molecule has 0 unspecified atom stereocenters. The van der Waals surface area contributed by atoms with Crippen molar-refractivity contribution in [2.24, 2.45) is 0 Å². The van der Waals surface area contributed by atoms with E-state index in [9.17, 15) is 4.79 Å². The first kappa shape index (κ1) is 21.7. The van der Waals surface area contributed by atoms with Crippen molar-refractivity contribution in [2.45, 2.75) is 31.2 Å². The maximum Gasteiger partial charge on any atom is 0.267 e. The number of hydrogen-bond donors (Lipinski definition) is 0. The van der Waals surface area contributed by atoms with E-state index < -0.39 is 0 Å². The van der Waals surface area contributed by atoms with Gasteiger partial charge in [-0.15, -0.1) is 11.3 Å². The molecule has 6 heteroatoms. The third-order valence-electron chi connectivity index (χ3n) is 5.90. The molecule has 0 amide bonds. The molecule has 33 heavy (non-hydrogen) atoms. The Labute approximate surface area is 200 Å². The third-order valence-corrected chi connectivity index (χ3v) is 8.22. The number of aromatic nitrogens is 2. The van der Waals surface area contributed by atoms with Gasteiger partial charge in [-0.25, -0.2) is 4.98 Å². The number of thioether (sulfide) groups is 1. The molecule has 3 aromatic carbocycles. The van der Waals surface area contributed by atoms with Gasteiger partial charge in [-0.2, -0.15) is 0 Å². The maximum absolute atomic E-state index is 13.8. The summed E-state index contributed by atoms with van der Waals surface area (Å²) in [5, 5.41) is 3.85. The van der Waals surface area contributed by atoms with Crippen molar-refractivity contribution in [1.29, 1.82) is 0 Å². The van der Waals surface area contributed by atoms with Crippen LogP contribution in [0, 0.1) is 6.92 Å². The SMILES string of the molecule is CCc1sc2nc(SCc3cccc4ccccc34)n(-c3cccc(OC)c3)c(=O)c2c1C. The van der Waals surface area contributed by atoms with Crippen LogP contribution in [-0.4, -0.2) is 16.7 Å². The fourth-order valence-electron chi connectivity index (χ4n) is 4.18. The molecule has 0 saturated heterocycles. The highest BCUT2D eigenvalue weighted by atomic mass is 32.2. The van der Waals surface area contributed by atoms with Gasteiger partial charge >= 0.3 is 0 Å². The molecule has 0 bridgehead atoms. The van der Waals surface area contributed by atoms with Crippen LogP contribution in [0.4, 0.5) is 0 Å². The molecule has 2 heterocycles. The summed E-state index contributed by atoms with van der Waals surface area (Å²) in [6.07, 6.45) is 0.893. The van der Waals surface area contributed by atoms with Gasteiger partial charge in [0.15, 0.2) is 5.16 Å². The van der Waals surface area contributed by atoms with Crippen LogP contribution in [0.15, 0.2) is 76.7 Å². The summed E-state index contributed by atoms with van der Waals surface area (Å²) in [7, 11) is 1.63. The normalized spacial score (nSPS) is 11.4. The van der Waals surface area contributed by atoms with Gasteiger partial charge in [0, 0.05) is 16.7 Å². The molecule has 5 aromatic rings. The predicted molar refractivity (Wildman–Crippen MR) is 139 cm³/mol. The zero-order valence-corrected chi connectivity index (χ0v) is 20.4. The summed E-state index contributed by atoms with van der Waals surface area (Å²) < 4.78 is 7.16. The summed E-state index contributed by atoms with van der Waals surface area (Å²) in [4.78, 5) is 20.8. The molecule has 0 N–H and O–H groups in total. The molecule has 0 radical (unpaired) electrons. The molecular formula is C27H24N2O2S2. The second-order valence-electron chi connectivity index (χ2n) is 7.85. The molecule has 5 rings (SSSR count). The van der Waals surface area contributed by atoms with E-state index in [4.69, 9.17) is 9.72 Å². The lowest BCUT2D eigenvalue weighted by Crippen LogP contribution is -2.21. The summed E-state index contributed by atoms with van der Waals surface area (Å²) in [5.41, 5.74) is 3.00. The van der Waals surface area contributed by atoms with Crippen molar-refractivity contribution in [3.8, 4) is 11.4 Å². The van der Waals surface area contributed by atoms with Crippen molar-refractivity contribution in [3.05, 3.63) is 93.1 Å². The van der Waals surface area contributed by atoms with Crippen LogP contribution in [0.25, 0.3) is 26.7 Å². The molecule has 0 spiro atoms. The molecular weight excluding hydrogens is 448 g/mol. The van der Waals surface area contributed by atoms with Gasteiger partial charge in [0.05, 0.1) is 18.2 Å². The first-order chi connectivity index (χ1) is 16.1. The Morgan fingerprint density at radius 1 is 1.06 bits per heavy atom. The average Bonchev–Trinajstić information content (AvgIpc) is 3.18. The Bertz CT molecular complexity index is 1530. The lowest BCUT2D eigenvalue weighted by atomic mass is 10.1. The lowest BCUT2D eigenvalue weighted by molar-refractivity contribution is 0.414. The molecule has 0 saturated carbocycles. The topological polar surface area (TPSA) is 44.1 Å². The largest absolute Gasteiger partial charge is 0.497 e. The van der Waals surface area contributed by atoms with E-state index in [1.807, 2.05) is 31.2 Å². The van der Waals surface area contributed by atoms with Gasteiger partial charge in [-0.3, -0.25) is 9.36 Å². The van der Waals surface area contributed by atoms with Crippen LogP contribution >= 0.6 is 23.1 Å². The van der Waals surface area contributed by atoms with Gasteiger partial charge in [0.1, 0.15) is 10.6 Å². The van der Waals surface area contributed by atoms with E-state index in [0.717, 1.165) is 22.5 Å². The summed E-state index contributed by atoms with van der Waals surface area (Å²) >= 11 is 3.22. The van der Waals surface area contributed by atoms with Gasteiger partial charge in [0.2, 0.25) is 0 Å². The molecule has 0 aliphatic heterocycles. The zero-order chi connectivity index (χ0) is 22.9. The molecule has 2 aromatic heterocycles. The Hall–Kier alpha value is -3.09. The van der Waals surface area contributed by atoms with Crippen LogP contribution < -0.4 is 10.3 Å². The molecule has 166 valence electrons. The number of nitrogens with zero attached hydrogens (tertiary/aromatic N) is 2. The Morgan fingerprint density at radius 2 is 1.85 bits per heavy atom. The smallest absolute Gasteiger partial charge is 0.267 e. The number of thiophene rings is 1. The van der Waals surface area contributed by atoms with Crippen molar-refractivity contribution in [2.75, 3.05) is 7.11 Å². The number of rotatable bonds is 6. The second-order valence-corrected chi connectivity index (χ2v) is 9.87. The van der Waals surface area contributed by atoms with Crippen LogP contribution in [-0.2, 0) is 12.2 Å². The van der Waals surface area contributed by atoms with Crippen LogP contribution in [0.1, 0.15) is 22.9 Å². The van der Waals surface area contributed by atoms with Gasteiger partial charge in [-0.1, -0.05) is 67.2 Å². The van der Waals surface area contributed by atoms with Crippen molar-refractivity contribution in [1.82, 2.24) is 9.55 Å². The summed E-state index contributed by atoms with van der Waals surface area (Å²) in [5.74, 6) is 1.43. The molecule has 4 nitrogen and oxygen atoms in total. The van der Waals surface area contributed by atoms with Crippen molar-refractivity contribution >= 4 is 44.1 Å². The average molecular weight is 473 g/mol. The highest BCUT2D eigenvalue weighted by molar-refractivity contribution is 7.98. The van der Waals surface area contributed by atoms with E-state index in [0.29, 0.717) is 22.0 Å². The minimum atomic E-state index is -0.0258. The van der Waals surface area contributed by atoms with Crippen LogP contribution in [0.3, 0.4) is 0 Å². The quantitative estimate of drug-likeness (QED) is 0.202. The van der Waals surface area contributed by atoms with Crippen LogP contribution in [0.2, 0.25) is 0 Å². The minimum absolute atomic E-state index is 0.0258. The van der Waals surface area contributed by atoms with E-state index >= 15 is 0 Å². The highest BCUT2D eigenvalue weighted by Gasteiger charge is 2.19. The van der Waals surface area contributed by atoms with E-state index in [-0.39, 0.29) is 5.56 Å². The molecule has 0 fully saturated rings. The number of fused-ring (bicyclic) bond motifs is 2. The van der Waals surface area contributed by atoms with Crippen molar-refractivity contribution in [3.63, 3.8) is 0 Å². The van der Waals surface area contributed by atoms with Gasteiger partial charge in [0.25, 0.3) is 5.56 Å². The monoisotopic (exact) mass is 472 g/mol. The number of methoxy groups -OCH3 is 1. The van der Waals surface area contributed by atoms with E-state index in [2.05, 4.69) is 49.4 Å². The van der Waals surface area contributed by atoms with Gasteiger partial charge < -0.3 is 4.74 Å². The Kier molecular flexibility index (Phi) is 5.96. The number of hydrogen-bond acceptors (Lipinski definition) is 5. The van der Waals surface area contributed by atoms with Crippen molar-refractivity contribution < 1.29 is 4.74 Å². The molecule has 0 aliphatic rings. The highest BCUT2D eigenvalue weighted by Crippen LogP contribution is 2.33. The third kappa shape index (κ3) is 3.94. The minimum Gasteiger partial charge on any atom is -0.497 e. The number of aryl methyl sites for hydroxylation is 2. The maximum atomic E-state index is 13.8. The standard InChI is InChI=1S/C27H24N2O2S2/c1-4-23-17(2)24-25(33-23)28-27(29(26(24)30)20-12-8-13-21(15-20)31-3)32-16-19-11-7-10-18-9-5-6-14-22(18)19/h5-15H,4,16H2,1-3H3. The number of benzene rings is 3. The zero-order valence-electron chi connectivity index (χ0n) is 18.8. The Balaban J connectivity index is 1.67. The Morgan fingerprint density at radius 3 is 2.67 bits per heavy atom. The second kappa shape index (κ2) is 9.04. The lowest BCUT2D eigenvalue weighted by Gasteiger charge is -2.14. The fraction of sp³-hybridized carbons (Fsp3) is 0.185. The molecule has 0 aliphatic carbocycles. The molecule has 0 atom stereocenters. The first-order valence-corrected chi connectivity index (χ1v) is 12.7. The van der Waals surface area contributed by atoms with E-state index in [1.54, 1.807) is 34.8 Å². The first-order valence-electron chi connectivity index (χ1n) is 10.9. The van der Waals surface area contributed by atoms with E-state index in [1.165, 1.54) is 21.2 Å². The van der Waals surface area contributed by atoms with Crippen LogP contribution in [0.5, 0.6) is 5.75 Å². The summed E-state index contributed by atoms with van der Waals surface area (Å²) in [6.45, 7) is 4.15. The number of ether oxygens (including phenoxy) is 1. The summed E-state index contributed by atoms with van der Waals surface area (Å²) in [6, 6.07) is 22.4.